The summed E-state index contributed by atoms with van der Waals surface area (Å²) in [4.78, 5) is 27.7. The Kier molecular flexibility index (Phi) is 10.3. The van der Waals surface area contributed by atoms with Gasteiger partial charge in [0.15, 0.2) is 0 Å². The van der Waals surface area contributed by atoms with Crippen LogP contribution in [0.5, 0.6) is 0 Å². The molecule has 0 aliphatic carbocycles. The molecule has 0 heterocycles. The summed E-state index contributed by atoms with van der Waals surface area (Å²) in [6.07, 6.45) is 1.64. The Morgan fingerprint density at radius 2 is 1.69 bits per heavy atom. The molecule has 35 heavy (non-hydrogen) atoms. The maximum absolute atomic E-state index is 13.3. The van der Waals surface area contributed by atoms with E-state index in [0.717, 1.165) is 16.7 Å². The first-order chi connectivity index (χ1) is 16.4. The highest BCUT2D eigenvalue weighted by Gasteiger charge is 2.27. The predicted molar refractivity (Wildman–Crippen MR) is 142 cm³/mol. The zero-order chi connectivity index (χ0) is 26.2. The van der Waals surface area contributed by atoms with Crippen molar-refractivity contribution in [3.8, 4) is 0 Å². The number of carbonyl (C=O) groups is 2. The van der Waals surface area contributed by atoms with Crippen LogP contribution in [0.1, 0.15) is 50.3 Å². The van der Waals surface area contributed by atoms with Crippen molar-refractivity contribution in [2.24, 2.45) is 5.92 Å². The summed E-state index contributed by atoms with van der Waals surface area (Å²) in [7, 11) is -3.51. The molecule has 0 saturated carbocycles. The number of carbonyl (C=O) groups excluding carboxylic acids is 2. The fourth-order valence-electron chi connectivity index (χ4n) is 3.79. The van der Waals surface area contributed by atoms with Crippen LogP contribution in [0.2, 0.25) is 0 Å². The minimum atomic E-state index is -3.51. The van der Waals surface area contributed by atoms with E-state index >= 15 is 0 Å². The summed E-state index contributed by atoms with van der Waals surface area (Å²) < 4.78 is 26.2. The van der Waals surface area contributed by atoms with E-state index in [9.17, 15) is 18.0 Å². The summed E-state index contributed by atoms with van der Waals surface area (Å²) in [6, 6.07) is 14.4. The van der Waals surface area contributed by atoms with Gasteiger partial charge < -0.3 is 10.2 Å². The van der Waals surface area contributed by atoms with Gasteiger partial charge in [-0.15, -0.1) is 0 Å². The van der Waals surface area contributed by atoms with Gasteiger partial charge in [-0.3, -0.25) is 13.9 Å². The normalized spacial score (nSPS) is 12.3. The molecule has 192 valence electrons. The summed E-state index contributed by atoms with van der Waals surface area (Å²) >= 11 is 0. The fourth-order valence-corrected chi connectivity index (χ4v) is 4.75. The molecule has 1 N–H and O–H groups in total. The van der Waals surface area contributed by atoms with Crippen molar-refractivity contribution < 1.29 is 18.0 Å². The highest BCUT2D eigenvalue weighted by atomic mass is 32.2. The quantitative estimate of drug-likeness (QED) is 0.476. The topological polar surface area (TPSA) is 86.8 Å². The minimum Gasteiger partial charge on any atom is -0.354 e. The average Bonchev–Trinajstić information content (AvgIpc) is 2.78. The van der Waals surface area contributed by atoms with Crippen LogP contribution in [0.25, 0.3) is 0 Å². The van der Waals surface area contributed by atoms with Crippen LogP contribution >= 0.6 is 0 Å². The van der Waals surface area contributed by atoms with Gasteiger partial charge in [-0.1, -0.05) is 50.2 Å². The number of amides is 2. The lowest BCUT2D eigenvalue weighted by Crippen LogP contribution is -2.48. The lowest BCUT2D eigenvalue weighted by Gasteiger charge is -2.30. The van der Waals surface area contributed by atoms with Crippen molar-refractivity contribution in [2.45, 2.75) is 60.0 Å². The monoisotopic (exact) mass is 501 g/mol. The molecule has 0 bridgehead atoms. The van der Waals surface area contributed by atoms with Crippen LogP contribution in [0.4, 0.5) is 5.69 Å². The van der Waals surface area contributed by atoms with Crippen LogP contribution in [0.15, 0.2) is 48.5 Å². The molecule has 0 spiro atoms. The molecule has 7 nitrogen and oxygen atoms in total. The standard InChI is InChI=1S/C27H39N3O4S/c1-20(2)18-28-27(32)23(5)29(19-24-13-8-7-12-22(24)4)26(31)15-10-16-30(35(6,33)34)25-14-9-11-21(3)17-25/h7-9,11-14,17,20,23H,10,15-16,18-19H2,1-6H3,(H,28,32). The first kappa shape index (κ1) is 28.4. The van der Waals surface area contributed by atoms with Gasteiger partial charge in [0.05, 0.1) is 11.9 Å². The largest absolute Gasteiger partial charge is 0.354 e. The summed E-state index contributed by atoms with van der Waals surface area (Å²) in [5.74, 6) is -0.0773. The second-order valence-electron chi connectivity index (χ2n) is 9.54. The van der Waals surface area contributed by atoms with Crippen LogP contribution in [-0.4, -0.2) is 50.5 Å². The van der Waals surface area contributed by atoms with Gasteiger partial charge in [-0.25, -0.2) is 8.42 Å². The van der Waals surface area contributed by atoms with Crippen molar-refractivity contribution in [3.05, 3.63) is 65.2 Å². The Balaban J connectivity index is 2.17. The number of anilines is 1. The summed E-state index contributed by atoms with van der Waals surface area (Å²) in [5.41, 5.74) is 3.56. The number of aryl methyl sites for hydroxylation is 2. The minimum absolute atomic E-state index is 0.130. The van der Waals surface area contributed by atoms with E-state index in [4.69, 9.17) is 0 Å². The van der Waals surface area contributed by atoms with Gasteiger partial charge in [0.1, 0.15) is 6.04 Å². The highest BCUT2D eigenvalue weighted by Crippen LogP contribution is 2.20. The van der Waals surface area contributed by atoms with Gasteiger partial charge >= 0.3 is 0 Å². The predicted octanol–water partition coefficient (Wildman–Crippen LogP) is 4.04. The van der Waals surface area contributed by atoms with Crippen LogP contribution < -0.4 is 9.62 Å². The second kappa shape index (κ2) is 12.7. The van der Waals surface area contributed by atoms with Crippen molar-refractivity contribution in [3.63, 3.8) is 0 Å². The Bertz CT molecular complexity index is 1110. The first-order valence-corrected chi connectivity index (χ1v) is 13.9. The number of hydrogen-bond donors (Lipinski definition) is 1. The molecule has 0 aromatic heterocycles. The molecule has 2 aromatic carbocycles. The number of hydrogen-bond acceptors (Lipinski definition) is 4. The Hall–Kier alpha value is -2.87. The Morgan fingerprint density at radius 1 is 1.00 bits per heavy atom. The molecule has 1 unspecified atom stereocenters. The molecule has 2 rings (SSSR count). The number of benzene rings is 2. The van der Waals surface area contributed by atoms with Crippen LogP contribution in [-0.2, 0) is 26.2 Å². The SMILES string of the molecule is Cc1cccc(N(CCCC(=O)N(Cc2ccccc2C)C(C)C(=O)NCC(C)C)S(C)(=O)=O)c1. The average molecular weight is 502 g/mol. The van der Waals surface area contributed by atoms with Crippen LogP contribution in [0, 0.1) is 19.8 Å². The first-order valence-electron chi connectivity index (χ1n) is 12.1. The molecular formula is C27H39N3O4S. The molecule has 2 aromatic rings. The molecule has 0 radical (unpaired) electrons. The van der Waals surface area contributed by atoms with Gasteiger partial charge in [0.2, 0.25) is 21.8 Å². The molecule has 1 atom stereocenters. The highest BCUT2D eigenvalue weighted by molar-refractivity contribution is 7.92. The van der Waals surface area contributed by atoms with Crippen LogP contribution in [0.3, 0.4) is 0 Å². The molecule has 2 amide bonds. The van der Waals surface area contributed by atoms with Crippen molar-refractivity contribution in [1.82, 2.24) is 10.2 Å². The lowest BCUT2D eigenvalue weighted by molar-refractivity contribution is -0.140. The molecule has 0 fully saturated rings. The third kappa shape index (κ3) is 8.69. The number of nitrogens with zero attached hydrogens (tertiary/aromatic N) is 2. The Labute approximate surface area is 210 Å². The summed E-state index contributed by atoms with van der Waals surface area (Å²) in [5, 5.41) is 2.92. The number of nitrogens with one attached hydrogen (secondary N) is 1. The third-order valence-corrected chi connectivity index (χ3v) is 7.09. The van der Waals surface area contributed by atoms with E-state index in [1.807, 2.05) is 70.2 Å². The maximum Gasteiger partial charge on any atom is 0.242 e. The van der Waals surface area contributed by atoms with Gasteiger partial charge in [0, 0.05) is 26.1 Å². The molecule has 0 aliphatic rings. The van der Waals surface area contributed by atoms with E-state index in [2.05, 4.69) is 5.32 Å². The van der Waals surface area contributed by atoms with Crippen molar-refractivity contribution >= 4 is 27.5 Å². The van der Waals surface area contributed by atoms with E-state index in [1.54, 1.807) is 17.9 Å². The van der Waals surface area contributed by atoms with E-state index in [1.165, 1.54) is 10.6 Å². The number of sulfonamides is 1. The van der Waals surface area contributed by atoms with Crippen molar-refractivity contribution in [1.29, 1.82) is 0 Å². The van der Waals surface area contributed by atoms with Gasteiger partial charge in [-0.2, -0.15) is 0 Å². The smallest absolute Gasteiger partial charge is 0.242 e. The summed E-state index contributed by atoms with van der Waals surface area (Å²) in [6.45, 7) is 10.7. The lowest BCUT2D eigenvalue weighted by atomic mass is 10.1. The van der Waals surface area contributed by atoms with E-state index in [-0.39, 0.29) is 24.8 Å². The van der Waals surface area contributed by atoms with Crippen molar-refractivity contribution in [2.75, 3.05) is 23.7 Å². The number of rotatable bonds is 12. The zero-order valence-corrected chi connectivity index (χ0v) is 22.6. The van der Waals surface area contributed by atoms with E-state index in [0.29, 0.717) is 31.1 Å². The van der Waals surface area contributed by atoms with E-state index < -0.39 is 16.1 Å². The second-order valence-corrected chi connectivity index (χ2v) is 11.4. The Morgan fingerprint density at radius 3 is 2.29 bits per heavy atom. The molecule has 0 aliphatic heterocycles. The third-order valence-electron chi connectivity index (χ3n) is 5.90. The van der Waals surface area contributed by atoms with Gasteiger partial charge in [0.25, 0.3) is 0 Å². The molecular weight excluding hydrogens is 462 g/mol. The fraction of sp³-hybridized carbons (Fsp3) is 0.481. The molecule has 0 saturated heterocycles. The maximum atomic E-state index is 13.3. The molecule has 8 heteroatoms. The van der Waals surface area contributed by atoms with Gasteiger partial charge in [-0.05, 0) is 61.9 Å². The zero-order valence-electron chi connectivity index (χ0n) is 21.7.